The Hall–Kier alpha value is -0.130. The van der Waals surface area contributed by atoms with E-state index in [4.69, 9.17) is 4.74 Å². The average molecular weight is 320 g/mol. The Morgan fingerprint density at radius 1 is 1.24 bits per heavy atom. The maximum atomic E-state index is 11.7. The Labute approximate surface area is 130 Å². The fraction of sp³-hybridized carbons (Fsp3) is 1.00. The summed E-state index contributed by atoms with van der Waals surface area (Å²) in [6.07, 6.45) is 4.00. The molecule has 4 nitrogen and oxygen atoms in total. The van der Waals surface area contributed by atoms with Crippen molar-refractivity contribution in [1.29, 1.82) is 0 Å². The van der Waals surface area contributed by atoms with Crippen LogP contribution in [0.4, 0.5) is 0 Å². The summed E-state index contributed by atoms with van der Waals surface area (Å²) < 4.78 is 29.1. The molecule has 0 saturated carbocycles. The molecule has 0 aromatic carbocycles. The predicted octanol–water partition coefficient (Wildman–Crippen LogP) is 2.49. The topological polar surface area (TPSA) is 55.4 Å². The highest BCUT2D eigenvalue weighted by Crippen LogP contribution is 2.28. The van der Waals surface area contributed by atoms with Gasteiger partial charge in [-0.1, -0.05) is 20.8 Å². The molecular weight excluding hydrogens is 286 g/mol. The summed E-state index contributed by atoms with van der Waals surface area (Å²) in [6.45, 7) is 10.0. The molecule has 0 aromatic rings. The normalized spacial score (nSPS) is 22.8. The van der Waals surface area contributed by atoms with Crippen LogP contribution in [0.25, 0.3) is 0 Å². The van der Waals surface area contributed by atoms with Crippen molar-refractivity contribution in [2.75, 3.05) is 37.8 Å². The summed E-state index contributed by atoms with van der Waals surface area (Å²) in [7, 11) is -2.79. The molecule has 1 rings (SSSR count). The molecule has 126 valence electrons. The maximum Gasteiger partial charge on any atom is 0.150 e. The molecule has 0 spiro atoms. The first-order valence-electron chi connectivity index (χ1n) is 8.43. The lowest BCUT2D eigenvalue weighted by molar-refractivity contribution is 0.103. The first-order chi connectivity index (χ1) is 9.94. The summed E-state index contributed by atoms with van der Waals surface area (Å²) in [4.78, 5) is 0. The molecule has 1 fully saturated rings. The fourth-order valence-electron chi connectivity index (χ4n) is 2.82. The highest BCUT2D eigenvalue weighted by Gasteiger charge is 2.33. The molecule has 0 bridgehead atoms. The van der Waals surface area contributed by atoms with Crippen LogP contribution >= 0.6 is 0 Å². The van der Waals surface area contributed by atoms with E-state index in [1.165, 1.54) is 0 Å². The third-order valence-electron chi connectivity index (χ3n) is 4.24. The van der Waals surface area contributed by atoms with Gasteiger partial charge in [-0.05, 0) is 56.5 Å². The van der Waals surface area contributed by atoms with Gasteiger partial charge in [0.25, 0.3) is 0 Å². The molecule has 2 atom stereocenters. The van der Waals surface area contributed by atoms with Gasteiger partial charge in [-0.3, -0.25) is 0 Å². The lowest BCUT2D eigenvalue weighted by Crippen LogP contribution is -2.30. The van der Waals surface area contributed by atoms with Gasteiger partial charge < -0.3 is 10.1 Å². The van der Waals surface area contributed by atoms with Crippen LogP contribution in [-0.2, 0) is 14.6 Å². The molecule has 0 aliphatic carbocycles. The van der Waals surface area contributed by atoms with Crippen LogP contribution in [0, 0.1) is 17.8 Å². The van der Waals surface area contributed by atoms with Gasteiger partial charge in [-0.25, -0.2) is 8.42 Å². The van der Waals surface area contributed by atoms with Crippen LogP contribution in [-0.4, -0.2) is 46.2 Å². The van der Waals surface area contributed by atoms with Crippen molar-refractivity contribution < 1.29 is 13.2 Å². The Balaban J connectivity index is 2.34. The summed E-state index contributed by atoms with van der Waals surface area (Å²) in [5.74, 6) is 2.15. The molecule has 0 aromatic heterocycles. The minimum absolute atomic E-state index is 0.313. The van der Waals surface area contributed by atoms with Gasteiger partial charge in [0.2, 0.25) is 0 Å². The highest BCUT2D eigenvalue weighted by atomic mass is 32.2. The molecule has 1 N–H and O–H groups in total. The van der Waals surface area contributed by atoms with Gasteiger partial charge in [0.15, 0.2) is 9.84 Å². The second-order valence-electron chi connectivity index (χ2n) is 6.71. The Kier molecular flexibility index (Phi) is 8.83. The van der Waals surface area contributed by atoms with Gasteiger partial charge >= 0.3 is 0 Å². The van der Waals surface area contributed by atoms with Gasteiger partial charge in [-0.2, -0.15) is 0 Å². The van der Waals surface area contributed by atoms with Crippen LogP contribution in [0.2, 0.25) is 0 Å². The number of nitrogens with one attached hydrogen (secondary N) is 1. The standard InChI is InChI=1S/C16H33NO3S/c1-4-8-17-12-15(6-10-20-9-5-14(2)3)16-7-11-21(18,19)13-16/h14-17H,4-13H2,1-3H3. The van der Waals surface area contributed by atoms with E-state index in [1.54, 1.807) is 0 Å². The molecule has 21 heavy (non-hydrogen) atoms. The second kappa shape index (κ2) is 9.80. The first kappa shape index (κ1) is 18.9. The molecule has 0 radical (unpaired) electrons. The lowest BCUT2D eigenvalue weighted by Gasteiger charge is -2.23. The van der Waals surface area contributed by atoms with Gasteiger partial charge in [0.05, 0.1) is 11.5 Å². The minimum atomic E-state index is -2.79. The third kappa shape index (κ3) is 8.17. The molecule has 1 saturated heterocycles. The largest absolute Gasteiger partial charge is 0.381 e. The Morgan fingerprint density at radius 2 is 1.95 bits per heavy atom. The second-order valence-corrected chi connectivity index (χ2v) is 8.94. The van der Waals surface area contributed by atoms with E-state index in [9.17, 15) is 8.42 Å². The first-order valence-corrected chi connectivity index (χ1v) is 10.3. The number of rotatable bonds is 11. The van der Waals surface area contributed by atoms with Crippen molar-refractivity contribution in [2.24, 2.45) is 17.8 Å². The van der Waals surface area contributed by atoms with Crippen molar-refractivity contribution in [2.45, 2.75) is 46.5 Å². The summed E-state index contributed by atoms with van der Waals surface area (Å²) in [6, 6.07) is 0. The van der Waals surface area contributed by atoms with Gasteiger partial charge in [0, 0.05) is 13.2 Å². The molecule has 1 aliphatic heterocycles. The van der Waals surface area contributed by atoms with E-state index >= 15 is 0 Å². The molecular formula is C16H33NO3S. The molecule has 2 unspecified atom stereocenters. The highest BCUT2D eigenvalue weighted by molar-refractivity contribution is 7.91. The van der Waals surface area contributed by atoms with Crippen molar-refractivity contribution >= 4 is 9.84 Å². The third-order valence-corrected chi connectivity index (χ3v) is 6.03. The average Bonchev–Trinajstić information content (AvgIpc) is 2.76. The van der Waals surface area contributed by atoms with E-state index < -0.39 is 9.84 Å². The Morgan fingerprint density at radius 3 is 2.52 bits per heavy atom. The predicted molar refractivity (Wildman–Crippen MR) is 88.3 cm³/mol. The van der Waals surface area contributed by atoms with E-state index in [-0.39, 0.29) is 0 Å². The molecule has 1 aliphatic rings. The quantitative estimate of drug-likeness (QED) is 0.595. The number of ether oxygens (including phenoxy) is 1. The lowest BCUT2D eigenvalue weighted by atomic mass is 9.89. The maximum absolute atomic E-state index is 11.7. The SMILES string of the molecule is CCCNCC(CCOCCC(C)C)C1CCS(=O)(=O)C1. The number of hydrogen-bond donors (Lipinski definition) is 1. The molecule has 5 heteroatoms. The van der Waals surface area contributed by atoms with Crippen molar-refractivity contribution in [3.63, 3.8) is 0 Å². The number of sulfone groups is 1. The van der Waals surface area contributed by atoms with E-state index in [0.29, 0.717) is 29.3 Å². The zero-order valence-electron chi connectivity index (χ0n) is 13.9. The summed E-state index contributed by atoms with van der Waals surface area (Å²) in [5, 5.41) is 3.45. The van der Waals surface area contributed by atoms with Crippen LogP contribution < -0.4 is 5.32 Å². The minimum Gasteiger partial charge on any atom is -0.381 e. The van der Waals surface area contributed by atoms with Crippen molar-refractivity contribution in [1.82, 2.24) is 5.32 Å². The molecule has 1 heterocycles. The van der Waals surface area contributed by atoms with Crippen molar-refractivity contribution in [3.8, 4) is 0 Å². The van der Waals surface area contributed by atoms with Crippen LogP contribution in [0.1, 0.15) is 46.5 Å². The summed E-state index contributed by atoms with van der Waals surface area (Å²) in [5.41, 5.74) is 0. The Bertz CT molecular complexity index is 368. The van der Waals surface area contributed by atoms with Crippen molar-refractivity contribution in [3.05, 3.63) is 0 Å². The smallest absolute Gasteiger partial charge is 0.150 e. The zero-order chi connectivity index (χ0) is 15.7. The van der Waals surface area contributed by atoms with Gasteiger partial charge in [-0.15, -0.1) is 0 Å². The van der Waals surface area contributed by atoms with E-state index in [1.807, 2.05) is 0 Å². The van der Waals surface area contributed by atoms with Crippen LogP contribution in [0.5, 0.6) is 0 Å². The van der Waals surface area contributed by atoms with Crippen LogP contribution in [0.3, 0.4) is 0 Å². The van der Waals surface area contributed by atoms with E-state index in [0.717, 1.165) is 52.0 Å². The zero-order valence-corrected chi connectivity index (χ0v) is 14.8. The summed E-state index contributed by atoms with van der Waals surface area (Å²) >= 11 is 0. The number of hydrogen-bond acceptors (Lipinski definition) is 4. The molecule has 0 amide bonds. The van der Waals surface area contributed by atoms with Crippen LogP contribution in [0.15, 0.2) is 0 Å². The fourth-order valence-corrected chi connectivity index (χ4v) is 4.74. The van der Waals surface area contributed by atoms with E-state index in [2.05, 4.69) is 26.1 Å². The van der Waals surface area contributed by atoms with Gasteiger partial charge in [0.1, 0.15) is 0 Å². The monoisotopic (exact) mass is 319 g/mol.